The van der Waals surface area contributed by atoms with Crippen LogP contribution < -0.4 is 0 Å². The third-order valence-electron chi connectivity index (χ3n) is 3.63. The zero-order valence-corrected chi connectivity index (χ0v) is 12.8. The smallest absolute Gasteiger partial charge is 0.125 e. The first-order chi connectivity index (χ1) is 9.13. The second-order valence-corrected chi connectivity index (χ2v) is 5.96. The second-order valence-electron chi connectivity index (χ2n) is 5.69. The molecule has 1 unspecified atom stereocenters. The fraction of sp³-hybridized carbons (Fsp3) is 0.562. The molecule has 0 saturated carbocycles. The summed E-state index contributed by atoms with van der Waals surface area (Å²) < 4.78 is 2.31. The number of nitrogens with zero attached hydrogens (tertiary/aromatic N) is 2. The summed E-state index contributed by atoms with van der Waals surface area (Å²) in [6.45, 7) is 6.83. The highest BCUT2D eigenvalue weighted by Gasteiger charge is 2.14. The van der Waals surface area contributed by atoms with Crippen molar-refractivity contribution in [2.24, 2.45) is 5.92 Å². The highest BCUT2D eigenvalue weighted by molar-refractivity contribution is 6.16. The second kappa shape index (κ2) is 6.42. The normalized spacial score (nSPS) is 13.3. The molecule has 1 heterocycles. The van der Waals surface area contributed by atoms with Crippen molar-refractivity contribution < 1.29 is 0 Å². The molecule has 0 radical (unpaired) electrons. The van der Waals surface area contributed by atoms with Crippen LogP contribution in [-0.4, -0.2) is 9.55 Å². The van der Waals surface area contributed by atoms with Gasteiger partial charge in [0.25, 0.3) is 0 Å². The van der Waals surface area contributed by atoms with E-state index < -0.39 is 0 Å². The van der Waals surface area contributed by atoms with Gasteiger partial charge in [0.15, 0.2) is 0 Å². The van der Waals surface area contributed by atoms with E-state index in [1.54, 1.807) is 0 Å². The van der Waals surface area contributed by atoms with Gasteiger partial charge in [0.2, 0.25) is 0 Å². The number of fused-ring (bicyclic) bond motifs is 1. The molecule has 104 valence electrons. The van der Waals surface area contributed by atoms with Crippen LogP contribution in [0.4, 0.5) is 0 Å². The van der Waals surface area contributed by atoms with Gasteiger partial charge in [-0.3, -0.25) is 0 Å². The number of benzene rings is 1. The maximum absolute atomic E-state index is 6.05. The monoisotopic (exact) mass is 278 g/mol. The summed E-state index contributed by atoms with van der Waals surface area (Å²) >= 11 is 6.05. The van der Waals surface area contributed by atoms with Crippen LogP contribution in [0.15, 0.2) is 24.3 Å². The molecule has 0 aliphatic carbocycles. The Kier molecular flexibility index (Phi) is 4.87. The van der Waals surface area contributed by atoms with Gasteiger partial charge in [0.1, 0.15) is 5.82 Å². The number of rotatable bonds is 6. The lowest BCUT2D eigenvalue weighted by Crippen LogP contribution is -2.09. The van der Waals surface area contributed by atoms with Crippen LogP contribution in [0, 0.1) is 5.92 Å². The molecule has 2 rings (SSSR count). The van der Waals surface area contributed by atoms with Gasteiger partial charge in [0, 0.05) is 6.04 Å². The van der Waals surface area contributed by atoms with E-state index in [9.17, 15) is 0 Å². The van der Waals surface area contributed by atoms with Gasteiger partial charge in [-0.05, 0) is 31.4 Å². The Balaban J connectivity index is 2.22. The first kappa shape index (κ1) is 14.4. The Morgan fingerprint density at radius 3 is 2.58 bits per heavy atom. The summed E-state index contributed by atoms with van der Waals surface area (Å²) in [5.74, 6) is 2.24. The van der Waals surface area contributed by atoms with E-state index >= 15 is 0 Å². The highest BCUT2D eigenvalue weighted by atomic mass is 35.5. The molecule has 0 aliphatic rings. The summed E-state index contributed by atoms with van der Waals surface area (Å²) in [7, 11) is 0. The average molecular weight is 279 g/mol. The molecule has 1 aromatic carbocycles. The maximum Gasteiger partial charge on any atom is 0.125 e. The summed E-state index contributed by atoms with van der Waals surface area (Å²) in [6.07, 6.45) is 3.72. The molecule has 0 amide bonds. The van der Waals surface area contributed by atoms with E-state index in [2.05, 4.69) is 48.5 Å². The number of alkyl halides is 1. The van der Waals surface area contributed by atoms with Crippen molar-refractivity contribution >= 4 is 22.6 Å². The predicted molar refractivity (Wildman–Crippen MR) is 82.7 cm³/mol. The van der Waals surface area contributed by atoms with Crippen LogP contribution in [0.5, 0.6) is 0 Å². The van der Waals surface area contributed by atoms with Crippen molar-refractivity contribution in [3.63, 3.8) is 0 Å². The minimum atomic E-state index is 0.458. The van der Waals surface area contributed by atoms with Gasteiger partial charge in [-0.2, -0.15) is 0 Å². The molecular weight excluding hydrogens is 256 g/mol. The zero-order chi connectivity index (χ0) is 13.8. The van der Waals surface area contributed by atoms with Crippen LogP contribution >= 0.6 is 11.6 Å². The van der Waals surface area contributed by atoms with E-state index in [1.165, 1.54) is 24.8 Å². The molecule has 1 atom stereocenters. The molecule has 0 bridgehead atoms. The Labute approximate surface area is 120 Å². The van der Waals surface area contributed by atoms with E-state index in [1.807, 2.05) is 6.07 Å². The number of hydrogen-bond donors (Lipinski definition) is 0. The van der Waals surface area contributed by atoms with Gasteiger partial charge in [0.05, 0.1) is 16.9 Å². The third kappa shape index (κ3) is 3.30. The molecule has 0 saturated heterocycles. The first-order valence-electron chi connectivity index (χ1n) is 7.15. The summed E-state index contributed by atoms with van der Waals surface area (Å²) in [4.78, 5) is 4.63. The number of imidazole rings is 1. The van der Waals surface area contributed by atoms with E-state index in [4.69, 9.17) is 11.6 Å². The molecule has 2 nitrogen and oxygen atoms in total. The molecule has 0 fully saturated rings. The molecule has 2 aromatic rings. The fourth-order valence-corrected chi connectivity index (χ4v) is 2.82. The maximum atomic E-state index is 6.05. The number of hydrogen-bond acceptors (Lipinski definition) is 1. The SMILES string of the molecule is CC(C)CCCC(C)n1c(CCl)nc2ccccc21. The zero-order valence-electron chi connectivity index (χ0n) is 12.1. The molecule has 0 N–H and O–H groups in total. The van der Waals surface area contributed by atoms with Crippen LogP contribution in [0.3, 0.4) is 0 Å². The minimum Gasteiger partial charge on any atom is -0.324 e. The number of halogens is 1. The molecule has 0 aliphatic heterocycles. The lowest BCUT2D eigenvalue weighted by atomic mass is 10.0. The van der Waals surface area contributed by atoms with Crippen LogP contribution in [0.25, 0.3) is 11.0 Å². The van der Waals surface area contributed by atoms with Crippen molar-refractivity contribution in [3.8, 4) is 0 Å². The number of aromatic nitrogens is 2. The lowest BCUT2D eigenvalue weighted by molar-refractivity contribution is 0.447. The van der Waals surface area contributed by atoms with E-state index in [0.29, 0.717) is 11.9 Å². The topological polar surface area (TPSA) is 17.8 Å². The van der Waals surface area contributed by atoms with Gasteiger partial charge in [-0.1, -0.05) is 38.8 Å². The summed E-state index contributed by atoms with van der Waals surface area (Å²) in [5, 5.41) is 0. The van der Waals surface area contributed by atoms with Crippen molar-refractivity contribution in [3.05, 3.63) is 30.1 Å². The molecule has 0 spiro atoms. The Morgan fingerprint density at radius 1 is 1.16 bits per heavy atom. The van der Waals surface area contributed by atoms with Crippen LogP contribution in [0.2, 0.25) is 0 Å². The molecular formula is C16H23ClN2. The van der Waals surface area contributed by atoms with E-state index in [-0.39, 0.29) is 0 Å². The third-order valence-corrected chi connectivity index (χ3v) is 3.87. The van der Waals surface area contributed by atoms with Gasteiger partial charge >= 0.3 is 0 Å². The van der Waals surface area contributed by atoms with Crippen LogP contribution in [0.1, 0.15) is 51.9 Å². The van der Waals surface area contributed by atoms with Gasteiger partial charge in [-0.25, -0.2) is 4.98 Å². The predicted octanol–water partition coefficient (Wildman–Crippen LogP) is 5.16. The molecule has 1 aromatic heterocycles. The van der Waals surface area contributed by atoms with Crippen molar-refractivity contribution in [2.45, 2.75) is 52.0 Å². The van der Waals surface area contributed by atoms with Gasteiger partial charge < -0.3 is 4.57 Å². The van der Waals surface area contributed by atoms with Crippen molar-refractivity contribution in [2.75, 3.05) is 0 Å². The molecule has 19 heavy (non-hydrogen) atoms. The standard InChI is InChI=1S/C16H23ClN2/c1-12(2)7-6-8-13(3)19-15-10-5-4-9-14(15)18-16(19)11-17/h4-5,9-10,12-13H,6-8,11H2,1-3H3. The van der Waals surface area contributed by atoms with Gasteiger partial charge in [-0.15, -0.1) is 11.6 Å². The largest absolute Gasteiger partial charge is 0.324 e. The summed E-state index contributed by atoms with van der Waals surface area (Å²) in [5.41, 5.74) is 2.25. The summed E-state index contributed by atoms with van der Waals surface area (Å²) in [6, 6.07) is 8.75. The molecule has 3 heteroatoms. The Hall–Kier alpha value is -1.02. The van der Waals surface area contributed by atoms with Crippen LogP contribution in [-0.2, 0) is 5.88 Å². The fourth-order valence-electron chi connectivity index (χ4n) is 2.63. The Bertz CT molecular complexity index is 531. The average Bonchev–Trinajstić information content (AvgIpc) is 2.76. The van der Waals surface area contributed by atoms with Crippen molar-refractivity contribution in [1.29, 1.82) is 0 Å². The lowest BCUT2D eigenvalue weighted by Gasteiger charge is -2.17. The van der Waals surface area contributed by atoms with Crippen molar-refractivity contribution in [1.82, 2.24) is 9.55 Å². The highest BCUT2D eigenvalue weighted by Crippen LogP contribution is 2.25. The van der Waals surface area contributed by atoms with E-state index in [0.717, 1.165) is 17.3 Å². The first-order valence-corrected chi connectivity index (χ1v) is 7.68. The Morgan fingerprint density at radius 2 is 1.89 bits per heavy atom. The number of para-hydroxylation sites is 2. The minimum absolute atomic E-state index is 0.458. The quantitative estimate of drug-likeness (QED) is 0.667.